The molecule has 0 radical (unpaired) electrons. The second-order valence-corrected chi connectivity index (χ2v) is 3.86. The van der Waals surface area contributed by atoms with Crippen LogP contribution in [0.5, 0.6) is 0 Å². The van der Waals surface area contributed by atoms with Gasteiger partial charge in [-0.1, -0.05) is 6.07 Å². The molecule has 1 unspecified atom stereocenters. The van der Waals surface area contributed by atoms with Gasteiger partial charge in [-0.25, -0.2) is 0 Å². The molecule has 1 saturated heterocycles. The van der Waals surface area contributed by atoms with Crippen molar-refractivity contribution in [3.05, 3.63) is 29.8 Å². The van der Waals surface area contributed by atoms with Gasteiger partial charge in [0.2, 0.25) is 5.91 Å². The number of rotatable bonds is 1. The van der Waals surface area contributed by atoms with Gasteiger partial charge in [0.05, 0.1) is 24.3 Å². The van der Waals surface area contributed by atoms with Crippen LogP contribution in [0.25, 0.3) is 0 Å². The fourth-order valence-corrected chi connectivity index (χ4v) is 1.82. The van der Waals surface area contributed by atoms with E-state index in [0.717, 1.165) is 0 Å². The third-order valence-corrected chi connectivity index (χ3v) is 2.67. The largest absolute Gasteiger partial charge is 0.391 e. The van der Waals surface area contributed by atoms with Crippen LogP contribution in [0.2, 0.25) is 0 Å². The predicted octanol–water partition coefficient (Wildman–Crippen LogP) is 1.05. The van der Waals surface area contributed by atoms with E-state index in [1.165, 1.54) is 4.90 Å². The van der Waals surface area contributed by atoms with E-state index >= 15 is 0 Å². The Morgan fingerprint density at radius 3 is 3.06 bits per heavy atom. The maximum Gasteiger partial charge on any atom is 0.227 e. The van der Waals surface area contributed by atoms with Gasteiger partial charge < -0.3 is 10.0 Å². The van der Waals surface area contributed by atoms with Gasteiger partial charge >= 0.3 is 0 Å². The Morgan fingerprint density at radius 1 is 1.50 bits per heavy atom. The lowest BCUT2D eigenvalue weighted by Gasteiger charge is -2.30. The van der Waals surface area contributed by atoms with Crippen LogP contribution in [0, 0.1) is 11.3 Å². The average molecular weight is 216 g/mol. The summed E-state index contributed by atoms with van der Waals surface area (Å²) in [5, 5.41) is 18.3. The third kappa shape index (κ3) is 2.05. The van der Waals surface area contributed by atoms with Crippen LogP contribution >= 0.6 is 0 Å². The molecule has 4 heteroatoms. The summed E-state index contributed by atoms with van der Waals surface area (Å²) >= 11 is 0. The summed E-state index contributed by atoms with van der Waals surface area (Å²) < 4.78 is 0. The normalized spacial score (nSPS) is 20.6. The molecular formula is C12H12N2O2. The van der Waals surface area contributed by atoms with Gasteiger partial charge in [0, 0.05) is 12.1 Å². The van der Waals surface area contributed by atoms with E-state index in [1.54, 1.807) is 24.3 Å². The van der Waals surface area contributed by atoms with Gasteiger partial charge in [-0.3, -0.25) is 4.79 Å². The number of β-amino-alcohol motifs (C(OH)–C–C–N with tert-alkyl or cyclic N) is 1. The summed E-state index contributed by atoms with van der Waals surface area (Å²) in [4.78, 5) is 13.2. The van der Waals surface area contributed by atoms with Crippen LogP contribution in [-0.4, -0.2) is 23.7 Å². The van der Waals surface area contributed by atoms with E-state index in [-0.39, 0.29) is 5.91 Å². The number of carbonyl (C=O) groups is 1. The van der Waals surface area contributed by atoms with Crippen molar-refractivity contribution in [2.75, 3.05) is 11.4 Å². The summed E-state index contributed by atoms with van der Waals surface area (Å²) in [6, 6.07) is 8.90. The number of hydrogen-bond acceptors (Lipinski definition) is 3. The molecule has 0 spiro atoms. The van der Waals surface area contributed by atoms with E-state index in [9.17, 15) is 9.90 Å². The first-order chi connectivity index (χ1) is 7.70. The number of aliphatic hydroxyl groups excluding tert-OH is 1. The molecule has 0 saturated carbocycles. The van der Waals surface area contributed by atoms with Crippen LogP contribution in [0.4, 0.5) is 5.69 Å². The van der Waals surface area contributed by atoms with Crippen molar-refractivity contribution in [1.29, 1.82) is 5.26 Å². The molecule has 1 N–H and O–H groups in total. The van der Waals surface area contributed by atoms with Crippen LogP contribution in [-0.2, 0) is 4.79 Å². The van der Waals surface area contributed by atoms with Crippen LogP contribution in [0.15, 0.2) is 24.3 Å². The summed E-state index contributed by atoms with van der Waals surface area (Å²) in [5.41, 5.74) is 1.20. The molecule has 1 amide bonds. The van der Waals surface area contributed by atoms with Gasteiger partial charge in [-0.15, -0.1) is 0 Å². The summed E-state index contributed by atoms with van der Waals surface area (Å²) in [5.74, 6) is 0.000361. The van der Waals surface area contributed by atoms with Crippen molar-refractivity contribution in [3.63, 3.8) is 0 Å². The summed E-state index contributed by atoms with van der Waals surface area (Å²) in [7, 11) is 0. The molecule has 82 valence electrons. The minimum absolute atomic E-state index is 0.000361. The molecule has 0 aliphatic carbocycles. The van der Waals surface area contributed by atoms with Gasteiger partial charge in [-0.2, -0.15) is 5.26 Å². The third-order valence-electron chi connectivity index (χ3n) is 2.67. The van der Waals surface area contributed by atoms with Crippen molar-refractivity contribution in [2.24, 2.45) is 0 Å². The van der Waals surface area contributed by atoms with E-state index in [1.807, 2.05) is 6.07 Å². The number of amides is 1. The number of hydrogen-bond donors (Lipinski definition) is 1. The zero-order valence-corrected chi connectivity index (χ0v) is 8.76. The molecular weight excluding hydrogens is 204 g/mol. The molecule has 1 aromatic rings. The molecule has 1 aromatic carbocycles. The lowest BCUT2D eigenvalue weighted by atomic mass is 10.1. The Bertz CT molecular complexity index is 451. The summed E-state index contributed by atoms with van der Waals surface area (Å²) in [6.07, 6.45) is 0.411. The minimum atomic E-state index is -0.469. The fourth-order valence-electron chi connectivity index (χ4n) is 1.82. The van der Waals surface area contributed by atoms with E-state index < -0.39 is 6.10 Å². The molecule has 4 nitrogen and oxygen atoms in total. The molecule has 1 fully saturated rings. The van der Waals surface area contributed by atoms with Gasteiger partial charge in [0.15, 0.2) is 0 Å². The molecule has 16 heavy (non-hydrogen) atoms. The second-order valence-electron chi connectivity index (χ2n) is 3.86. The number of carbonyl (C=O) groups excluding carboxylic acids is 1. The Balaban J connectivity index is 2.28. The monoisotopic (exact) mass is 216 g/mol. The lowest BCUT2D eigenvalue weighted by Crippen LogP contribution is -2.42. The fraction of sp³-hybridized carbons (Fsp3) is 0.333. The Morgan fingerprint density at radius 2 is 2.31 bits per heavy atom. The van der Waals surface area contributed by atoms with Gasteiger partial charge in [0.25, 0.3) is 0 Å². The maximum atomic E-state index is 11.7. The highest BCUT2D eigenvalue weighted by atomic mass is 16.3. The van der Waals surface area contributed by atoms with E-state index in [4.69, 9.17) is 5.26 Å². The molecule has 2 rings (SSSR count). The highest BCUT2D eigenvalue weighted by Crippen LogP contribution is 2.21. The molecule has 1 heterocycles. The first-order valence-electron chi connectivity index (χ1n) is 5.19. The number of nitrogens with zero attached hydrogens (tertiary/aromatic N) is 2. The zero-order valence-electron chi connectivity index (χ0n) is 8.76. The predicted molar refractivity (Wildman–Crippen MR) is 58.8 cm³/mol. The molecule has 0 bridgehead atoms. The van der Waals surface area contributed by atoms with Crippen molar-refractivity contribution < 1.29 is 9.90 Å². The van der Waals surface area contributed by atoms with Crippen molar-refractivity contribution >= 4 is 11.6 Å². The van der Waals surface area contributed by atoms with Gasteiger partial charge in [-0.05, 0) is 24.6 Å². The number of benzene rings is 1. The first-order valence-corrected chi connectivity index (χ1v) is 5.19. The van der Waals surface area contributed by atoms with Crippen LogP contribution in [0.3, 0.4) is 0 Å². The standard InChI is InChI=1S/C12H12N2O2/c13-7-9-2-1-3-10(6-9)14-8-11(15)4-5-12(14)16/h1-3,6,11,15H,4-5,8H2. The van der Waals surface area contributed by atoms with E-state index in [2.05, 4.69) is 0 Å². The maximum absolute atomic E-state index is 11.7. The van der Waals surface area contributed by atoms with Crippen molar-refractivity contribution in [3.8, 4) is 6.07 Å². The molecule has 1 aliphatic rings. The highest BCUT2D eigenvalue weighted by molar-refractivity contribution is 5.94. The Labute approximate surface area is 93.7 Å². The van der Waals surface area contributed by atoms with E-state index in [0.29, 0.717) is 30.6 Å². The van der Waals surface area contributed by atoms with Gasteiger partial charge in [0.1, 0.15) is 0 Å². The quantitative estimate of drug-likeness (QED) is 0.763. The van der Waals surface area contributed by atoms with Crippen molar-refractivity contribution in [1.82, 2.24) is 0 Å². The smallest absolute Gasteiger partial charge is 0.227 e. The SMILES string of the molecule is N#Cc1cccc(N2CC(O)CCC2=O)c1. The number of nitriles is 1. The minimum Gasteiger partial charge on any atom is -0.391 e. The Kier molecular flexibility index (Phi) is 2.88. The number of anilines is 1. The molecule has 1 atom stereocenters. The van der Waals surface area contributed by atoms with Crippen LogP contribution in [0.1, 0.15) is 18.4 Å². The van der Waals surface area contributed by atoms with Crippen LogP contribution < -0.4 is 4.90 Å². The first kappa shape index (κ1) is 10.7. The molecule has 0 aromatic heterocycles. The highest BCUT2D eigenvalue weighted by Gasteiger charge is 2.25. The summed E-state index contributed by atoms with van der Waals surface area (Å²) in [6.45, 7) is 0.313. The lowest BCUT2D eigenvalue weighted by molar-refractivity contribution is -0.121. The Hall–Kier alpha value is -1.86. The number of aliphatic hydroxyl groups is 1. The topological polar surface area (TPSA) is 64.3 Å². The van der Waals surface area contributed by atoms with Crippen molar-refractivity contribution in [2.45, 2.75) is 18.9 Å². The number of piperidine rings is 1. The average Bonchev–Trinajstić information content (AvgIpc) is 2.32. The molecule has 1 aliphatic heterocycles. The second kappa shape index (κ2) is 4.33. The zero-order chi connectivity index (χ0) is 11.5.